The summed E-state index contributed by atoms with van der Waals surface area (Å²) in [7, 11) is -0.318. The lowest BCUT2D eigenvalue weighted by Crippen LogP contribution is -2.41. The molecule has 0 atom stereocenters. The predicted molar refractivity (Wildman–Crippen MR) is 109 cm³/mol. The quantitative estimate of drug-likeness (QED) is 0.721. The molecule has 0 N–H and O–H groups in total. The van der Waals surface area contributed by atoms with E-state index in [0.29, 0.717) is 0 Å². The number of hydrogen-bond donors (Lipinski definition) is 0. The van der Waals surface area contributed by atoms with Crippen LogP contribution in [0.25, 0.3) is 11.1 Å². The van der Waals surface area contributed by atoms with Gasteiger partial charge in [-0.05, 0) is 68.3 Å². The summed E-state index contributed by atoms with van der Waals surface area (Å²) in [5.74, 6) is 0. The third-order valence-corrected chi connectivity index (χ3v) is 7.02. The van der Waals surface area contributed by atoms with Crippen LogP contribution in [0.5, 0.6) is 0 Å². The van der Waals surface area contributed by atoms with Gasteiger partial charge >= 0.3 is 7.12 Å². The largest absolute Gasteiger partial charge is 0.495 e. The smallest absolute Gasteiger partial charge is 0.399 e. The van der Waals surface area contributed by atoms with Gasteiger partial charge < -0.3 is 9.31 Å². The molecule has 1 fully saturated rings. The van der Waals surface area contributed by atoms with Crippen LogP contribution in [0.2, 0.25) is 0 Å². The van der Waals surface area contributed by atoms with Gasteiger partial charge in [-0.2, -0.15) is 0 Å². The highest BCUT2D eigenvalue weighted by Gasteiger charge is 2.54. The van der Waals surface area contributed by atoms with Gasteiger partial charge in [0.05, 0.1) is 11.2 Å². The van der Waals surface area contributed by atoms with Gasteiger partial charge in [-0.3, -0.25) is 0 Å². The highest BCUT2D eigenvalue weighted by Crippen LogP contribution is 2.52. The minimum atomic E-state index is -0.326. The highest BCUT2D eigenvalue weighted by molar-refractivity contribution is 6.63. The number of rotatable bonds is 3. The van der Waals surface area contributed by atoms with E-state index in [-0.39, 0.29) is 23.7 Å². The molecule has 2 aromatic rings. The van der Waals surface area contributed by atoms with Crippen molar-refractivity contribution in [1.29, 1.82) is 0 Å². The van der Waals surface area contributed by atoms with Gasteiger partial charge in [-0.25, -0.2) is 0 Å². The van der Waals surface area contributed by atoms with Gasteiger partial charge in [-0.1, -0.05) is 56.3 Å². The van der Waals surface area contributed by atoms with Crippen LogP contribution >= 0.6 is 0 Å². The van der Waals surface area contributed by atoms with Crippen molar-refractivity contribution in [2.45, 2.75) is 71.0 Å². The van der Waals surface area contributed by atoms with Crippen LogP contribution < -0.4 is 5.46 Å². The number of fused-ring (bicyclic) bond motifs is 3. The van der Waals surface area contributed by atoms with Crippen molar-refractivity contribution in [3.63, 3.8) is 0 Å². The minimum absolute atomic E-state index is 0.0338. The van der Waals surface area contributed by atoms with Crippen molar-refractivity contribution in [1.82, 2.24) is 0 Å². The molecule has 1 aliphatic carbocycles. The Balaban J connectivity index is 1.93. The molecule has 1 heterocycles. The molecule has 1 aliphatic heterocycles. The fourth-order valence-corrected chi connectivity index (χ4v) is 4.75. The molecule has 26 heavy (non-hydrogen) atoms. The van der Waals surface area contributed by atoms with Crippen molar-refractivity contribution >= 4 is 12.6 Å². The Labute approximate surface area is 158 Å². The van der Waals surface area contributed by atoms with Crippen LogP contribution in [-0.4, -0.2) is 18.3 Å². The summed E-state index contributed by atoms with van der Waals surface area (Å²) in [6.07, 6.45) is 2.15. The van der Waals surface area contributed by atoms with Crippen molar-refractivity contribution in [2.24, 2.45) is 0 Å². The van der Waals surface area contributed by atoms with E-state index >= 15 is 0 Å². The van der Waals surface area contributed by atoms with E-state index in [2.05, 4.69) is 84.0 Å². The van der Waals surface area contributed by atoms with Crippen LogP contribution in [0.15, 0.2) is 42.5 Å². The molecule has 0 unspecified atom stereocenters. The fraction of sp³-hybridized carbons (Fsp3) is 0.478. The highest BCUT2D eigenvalue weighted by atomic mass is 16.7. The number of benzene rings is 2. The first kappa shape index (κ1) is 17.8. The second kappa shape index (κ2) is 5.71. The third-order valence-electron chi connectivity index (χ3n) is 7.02. The van der Waals surface area contributed by atoms with Crippen molar-refractivity contribution in [3.8, 4) is 11.1 Å². The average Bonchev–Trinajstić information content (AvgIpc) is 3.03. The van der Waals surface area contributed by atoms with E-state index in [1.165, 1.54) is 27.7 Å². The molecule has 0 radical (unpaired) electrons. The Kier molecular flexibility index (Phi) is 3.91. The topological polar surface area (TPSA) is 18.5 Å². The lowest BCUT2D eigenvalue weighted by molar-refractivity contribution is 0.00578. The summed E-state index contributed by atoms with van der Waals surface area (Å²) in [4.78, 5) is 0. The van der Waals surface area contributed by atoms with Crippen molar-refractivity contribution in [3.05, 3.63) is 53.6 Å². The zero-order valence-electron chi connectivity index (χ0n) is 16.8. The summed E-state index contributed by atoms with van der Waals surface area (Å²) in [5.41, 5.74) is 6.14. The predicted octanol–water partition coefficient (Wildman–Crippen LogP) is 5.07. The lowest BCUT2D eigenvalue weighted by Gasteiger charge is -2.32. The van der Waals surface area contributed by atoms with Crippen LogP contribution in [0.4, 0.5) is 0 Å². The third kappa shape index (κ3) is 2.20. The van der Waals surface area contributed by atoms with E-state index in [4.69, 9.17) is 9.31 Å². The molecule has 4 rings (SSSR count). The Morgan fingerprint density at radius 3 is 1.96 bits per heavy atom. The molecule has 0 spiro atoms. The van der Waals surface area contributed by atoms with E-state index in [0.717, 1.165) is 12.8 Å². The SMILES string of the molecule is CCC1(CC)c2ccccc2-c2cccc(B3OC(C)(C)C(C)(C)O3)c21. The minimum Gasteiger partial charge on any atom is -0.399 e. The number of hydrogen-bond acceptors (Lipinski definition) is 2. The summed E-state index contributed by atoms with van der Waals surface area (Å²) >= 11 is 0. The normalized spacial score (nSPS) is 21.5. The molecule has 0 aromatic heterocycles. The summed E-state index contributed by atoms with van der Waals surface area (Å²) in [6, 6.07) is 15.5. The first-order chi connectivity index (χ1) is 12.3. The maximum absolute atomic E-state index is 6.43. The Hall–Kier alpha value is -1.58. The van der Waals surface area contributed by atoms with Gasteiger partial charge in [0.15, 0.2) is 0 Å². The maximum atomic E-state index is 6.43. The van der Waals surface area contributed by atoms with E-state index in [9.17, 15) is 0 Å². The zero-order valence-corrected chi connectivity index (χ0v) is 16.8. The first-order valence-corrected chi connectivity index (χ1v) is 9.86. The molecule has 2 nitrogen and oxygen atoms in total. The summed E-state index contributed by atoms with van der Waals surface area (Å²) in [6.45, 7) is 13.1. The second-order valence-corrected chi connectivity index (χ2v) is 8.69. The Bertz CT molecular complexity index is 833. The van der Waals surface area contributed by atoms with Gasteiger partial charge in [0, 0.05) is 5.41 Å². The molecule has 0 bridgehead atoms. The molecule has 0 saturated carbocycles. The van der Waals surface area contributed by atoms with Gasteiger partial charge in [0.2, 0.25) is 0 Å². The molecule has 0 amide bonds. The Morgan fingerprint density at radius 1 is 0.769 bits per heavy atom. The summed E-state index contributed by atoms with van der Waals surface area (Å²) < 4.78 is 12.9. The molecular formula is C23H29BO2. The zero-order chi connectivity index (χ0) is 18.7. The van der Waals surface area contributed by atoms with Crippen LogP contribution in [0.3, 0.4) is 0 Å². The van der Waals surface area contributed by atoms with Gasteiger partial charge in [0.1, 0.15) is 0 Å². The van der Waals surface area contributed by atoms with Crippen LogP contribution in [0.1, 0.15) is 65.5 Å². The van der Waals surface area contributed by atoms with Crippen LogP contribution in [-0.2, 0) is 14.7 Å². The molecule has 3 heteroatoms. The molecule has 2 aromatic carbocycles. The van der Waals surface area contributed by atoms with E-state index in [1.807, 2.05) is 0 Å². The molecule has 1 saturated heterocycles. The standard InChI is InChI=1S/C23H29BO2/c1-7-23(8-2)18-14-10-9-12-16(18)17-13-11-15-19(20(17)23)24-25-21(3,4)22(5,6)26-24/h9-15H,7-8H2,1-6H3. The second-order valence-electron chi connectivity index (χ2n) is 8.69. The summed E-state index contributed by atoms with van der Waals surface area (Å²) in [5, 5.41) is 0. The van der Waals surface area contributed by atoms with E-state index < -0.39 is 0 Å². The van der Waals surface area contributed by atoms with E-state index in [1.54, 1.807) is 0 Å². The molecule has 136 valence electrons. The Morgan fingerprint density at radius 2 is 1.35 bits per heavy atom. The fourth-order valence-electron chi connectivity index (χ4n) is 4.75. The molecule has 2 aliphatic rings. The maximum Gasteiger partial charge on any atom is 0.495 e. The van der Waals surface area contributed by atoms with Crippen molar-refractivity contribution in [2.75, 3.05) is 0 Å². The lowest BCUT2D eigenvalue weighted by atomic mass is 9.65. The molecular weight excluding hydrogens is 319 g/mol. The van der Waals surface area contributed by atoms with Gasteiger partial charge in [0.25, 0.3) is 0 Å². The first-order valence-electron chi connectivity index (χ1n) is 9.86. The van der Waals surface area contributed by atoms with Gasteiger partial charge in [-0.15, -0.1) is 0 Å². The monoisotopic (exact) mass is 348 g/mol. The average molecular weight is 348 g/mol. The van der Waals surface area contributed by atoms with Crippen molar-refractivity contribution < 1.29 is 9.31 Å². The van der Waals surface area contributed by atoms with Crippen LogP contribution in [0, 0.1) is 0 Å².